The van der Waals surface area contributed by atoms with Crippen LogP contribution in [0.15, 0.2) is 18.5 Å². The summed E-state index contributed by atoms with van der Waals surface area (Å²) < 4.78 is 18.4. The van der Waals surface area contributed by atoms with Gasteiger partial charge in [-0.3, -0.25) is 4.79 Å². The molecule has 1 aliphatic rings. The fraction of sp³-hybridized carbons (Fsp3) is 0.538. The van der Waals surface area contributed by atoms with Crippen molar-refractivity contribution in [2.45, 2.75) is 45.8 Å². The molecule has 0 aliphatic carbocycles. The van der Waals surface area contributed by atoms with E-state index in [0.29, 0.717) is 71.5 Å². The van der Waals surface area contributed by atoms with E-state index in [2.05, 4.69) is 21.8 Å². The Balaban J connectivity index is 1.56. The molecule has 0 amide bonds. The number of piperidine rings is 1. The van der Waals surface area contributed by atoms with Crippen molar-refractivity contribution in [3.05, 3.63) is 39.7 Å². The normalized spacial score (nSPS) is 17.7. The molecule has 1 aliphatic heterocycles. The fourth-order valence-corrected chi connectivity index (χ4v) is 5.76. The molecule has 1 N–H and O–H groups in total. The number of aryl methyl sites for hydroxylation is 1. The summed E-state index contributed by atoms with van der Waals surface area (Å²) in [6.45, 7) is 6.84. The first-order valence-corrected chi connectivity index (χ1v) is 13.9. The molecule has 12 heteroatoms. The van der Waals surface area contributed by atoms with E-state index in [-0.39, 0.29) is 17.8 Å². The average molecular weight is 564 g/mol. The molecule has 2 atom stereocenters. The highest BCUT2D eigenvalue weighted by Crippen LogP contribution is 2.36. The number of aromatic nitrogens is 4. The van der Waals surface area contributed by atoms with Gasteiger partial charge in [0.1, 0.15) is 10.6 Å². The maximum atomic E-state index is 13.0. The largest absolute Gasteiger partial charge is 0.465 e. The lowest BCUT2D eigenvalue weighted by atomic mass is 9.88. The van der Waals surface area contributed by atoms with Crippen molar-refractivity contribution in [2.24, 2.45) is 5.92 Å². The number of esters is 1. The smallest absolute Gasteiger partial charge is 0.350 e. The molecule has 0 spiro atoms. The Bertz CT molecular complexity index is 1240. The lowest BCUT2D eigenvalue weighted by Gasteiger charge is -2.38. The Kier molecular flexibility index (Phi) is 9.59. The number of hydrogen-bond donors (Lipinski definition) is 1. The monoisotopic (exact) mass is 563 g/mol. The first-order chi connectivity index (χ1) is 18.4. The summed E-state index contributed by atoms with van der Waals surface area (Å²) in [7, 11) is 3.00. The number of aromatic amines is 1. The van der Waals surface area contributed by atoms with E-state index in [9.17, 15) is 9.59 Å². The summed E-state index contributed by atoms with van der Waals surface area (Å²) in [5, 5.41) is 1.26. The van der Waals surface area contributed by atoms with Crippen molar-refractivity contribution in [1.82, 2.24) is 19.5 Å². The molecule has 4 heterocycles. The lowest BCUT2D eigenvalue weighted by molar-refractivity contribution is 0.00383. The topological polar surface area (TPSA) is 112 Å². The van der Waals surface area contributed by atoms with Gasteiger partial charge in [-0.25, -0.2) is 14.8 Å². The van der Waals surface area contributed by atoms with Crippen molar-refractivity contribution in [3.8, 4) is 11.5 Å². The van der Waals surface area contributed by atoms with E-state index in [1.807, 2.05) is 17.7 Å². The number of carbonyl (C=O) groups is 2. The second kappa shape index (κ2) is 12.9. The summed E-state index contributed by atoms with van der Waals surface area (Å²) in [6, 6.07) is 1.69. The minimum absolute atomic E-state index is 0.0240. The number of Topliss-reactive ketones (excluding diaryl/α,β-unsaturated/α-hetero) is 1. The molecular weight excluding hydrogens is 530 g/mol. The molecule has 3 aromatic rings. The third-order valence-electron chi connectivity index (χ3n) is 6.65. The number of hydrogen-bond acceptors (Lipinski definition) is 9. The van der Waals surface area contributed by atoms with Crippen LogP contribution in [0.25, 0.3) is 11.5 Å². The molecule has 0 unspecified atom stereocenters. The van der Waals surface area contributed by atoms with Crippen LogP contribution in [-0.2, 0) is 20.8 Å². The van der Waals surface area contributed by atoms with Crippen LogP contribution in [0.4, 0.5) is 5.13 Å². The van der Waals surface area contributed by atoms with E-state index in [1.54, 1.807) is 19.4 Å². The van der Waals surface area contributed by atoms with E-state index >= 15 is 0 Å². The molecule has 0 radical (unpaired) electrons. The number of halogens is 1. The van der Waals surface area contributed by atoms with Gasteiger partial charge in [0.25, 0.3) is 0 Å². The van der Waals surface area contributed by atoms with Gasteiger partial charge in [0, 0.05) is 57.9 Å². The molecule has 10 nitrogen and oxygen atoms in total. The van der Waals surface area contributed by atoms with Crippen LogP contribution in [0.5, 0.6) is 0 Å². The number of nitrogens with one attached hydrogen (secondary N) is 1. The second-order valence-corrected chi connectivity index (χ2v) is 10.7. The van der Waals surface area contributed by atoms with Crippen molar-refractivity contribution in [2.75, 3.05) is 45.4 Å². The molecule has 1 fully saturated rings. The predicted molar refractivity (Wildman–Crippen MR) is 146 cm³/mol. The second-order valence-electron chi connectivity index (χ2n) is 9.29. The lowest BCUT2D eigenvalue weighted by Crippen LogP contribution is -2.46. The van der Waals surface area contributed by atoms with Crippen molar-refractivity contribution in [1.29, 1.82) is 0 Å². The van der Waals surface area contributed by atoms with Crippen LogP contribution in [0.1, 0.15) is 52.0 Å². The van der Waals surface area contributed by atoms with E-state index in [1.165, 1.54) is 18.4 Å². The van der Waals surface area contributed by atoms with E-state index < -0.39 is 5.97 Å². The number of ketones is 1. The predicted octanol–water partition coefficient (Wildman–Crippen LogP) is 4.62. The Labute approximate surface area is 231 Å². The molecule has 0 aromatic carbocycles. The number of ether oxygens (including phenoxy) is 3. The van der Waals surface area contributed by atoms with E-state index in [0.717, 1.165) is 18.5 Å². The van der Waals surface area contributed by atoms with Crippen molar-refractivity contribution >= 4 is 39.8 Å². The zero-order chi connectivity index (χ0) is 27.2. The van der Waals surface area contributed by atoms with Gasteiger partial charge in [-0.05, 0) is 31.7 Å². The number of thiazole rings is 1. The molecule has 1 saturated heterocycles. The van der Waals surface area contributed by atoms with Crippen LogP contribution in [-0.4, -0.2) is 77.9 Å². The number of rotatable bonds is 12. The Hall–Kier alpha value is -2.73. The molecular formula is C26H34ClN5O5S. The number of carbonyl (C=O) groups excluding carboxylic acids is 2. The quantitative estimate of drug-likeness (QED) is 0.251. The maximum absolute atomic E-state index is 13.0. The van der Waals surface area contributed by atoms with Crippen LogP contribution in [0.2, 0.25) is 5.02 Å². The highest BCUT2D eigenvalue weighted by Gasteiger charge is 2.34. The molecule has 206 valence electrons. The zero-order valence-electron chi connectivity index (χ0n) is 22.2. The Morgan fingerprint density at radius 1 is 1.29 bits per heavy atom. The van der Waals surface area contributed by atoms with Crippen LogP contribution in [0.3, 0.4) is 0 Å². The van der Waals surface area contributed by atoms with Gasteiger partial charge in [-0.1, -0.05) is 29.9 Å². The van der Waals surface area contributed by atoms with Gasteiger partial charge in [-0.2, -0.15) is 0 Å². The SMILES string of the molecule is CCCO[C@H]1CN(c2nc(-c3nccn3CCOC)c(C(=O)OC)s2)CC[C@H]1CC(=O)c1cc(Cl)c(C)[nH]1. The molecule has 4 rings (SSSR count). The van der Waals surface area contributed by atoms with Gasteiger partial charge in [-0.15, -0.1) is 0 Å². The van der Waals surface area contributed by atoms with Crippen molar-refractivity contribution in [3.63, 3.8) is 0 Å². The number of H-pyrrole nitrogens is 1. The number of anilines is 1. The minimum atomic E-state index is -0.454. The first kappa shape index (κ1) is 28.3. The number of imidazole rings is 1. The highest BCUT2D eigenvalue weighted by atomic mass is 35.5. The van der Waals surface area contributed by atoms with Crippen molar-refractivity contribution < 1.29 is 23.8 Å². The summed E-state index contributed by atoms with van der Waals surface area (Å²) in [5.41, 5.74) is 1.80. The van der Waals surface area contributed by atoms with E-state index in [4.69, 9.17) is 30.8 Å². The summed E-state index contributed by atoms with van der Waals surface area (Å²) in [6.07, 6.45) is 5.35. The molecule has 0 bridgehead atoms. The zero-order valence-corrected chi connectivity index (χ0v) is 23.7. The van der Waals surface area contributed by atoms with Gasteiger partial charge in [0.2, 0.25) is 0 Å². The molecule has 0 saturated carbocycles. The van der Waals surface area contributed by atoms with Crippen LogP contribution in [0, 0.1) is 12.8 Å². The molecule has 3 aromatic heterocycles. The molecule has 38 heavy (non-hydrogen) atoms. The van der Waals surface area contributed by atoms with Gasteiger partial charge in [0.05, 0.1) is 30.5 Å². The summed E-state index contributed by atoms with van der Waals surface area (Å²) in [4.78, 5) is 40.6. The van der Waals surface area contributed by atoms with Gasteiger partial charge in [0.15, 0.2) is 16.7 Å². The van der Waals surface area contributed by atoms with Gasteiger partial charge >= 0.3 is 5.97 Å². The highest BCUT2D eigenvalue weighted by molar-refractivity contribution is 7.17. The first-order valence-electron chi connectivity index (χ1n) is 12.7. The fourth-order valence-electron chi connectivity index (χ4n) is 4.58. The standard InChI is InChI=1S/C26H34ClN5O5S/c1-5-11-37-21-15-32(8-6-17(21)13-20(33)19-14-18(27)16(2)29-19)26-30-22(23(38-26)25(34)36-4)24-28-7-9-31(24)10-12-35-3/h7,9,14,17,21,29H,5-6,8,10-13,15H2,1-4H3/t17-,21-/m0/s1. The Morgan fingerprint density at radius 3 is 2.79 bits per heavy atom. The minimum Gasteiger partial charge on any atom is -0.465 e. The third-order valence-corrected chi connectivity index (χ3v) is 8.14. The number of nitrogens with zero attached hydrogens (tertiary/aromatic N) is 4. The number of methoxy groups -OCH3 is 2. The summed E-state index contributed by atoms with van der Waals surface area (Å²) in [5.74, 6) is 0.212. The van der Waals surface area contributed by atoms with Crippen LogP contribution < -0.4 is 4.90 Å². The summed E-state index contributed by atoms with van der Waals surface area (Å²) >= 11 is 7.44. The third kappa shape index (κ3) is 6.28. The van der Waals surface area contributed by atoms with Crippen LogP contribution >= 0.6 is 22.9 Å². The maximum Gasteiger partial charge on any atom is 0.350 e. The Morgan fingerprint density at radius 2 is 2.11 bits per heavy atom. The van der Waals surface area contributed by atoms with Gasteiger partial charge < -0.3 is 28.7 Å². The average Bonchev–Trinajstić information content (AvgIpc) is 3.65.